The lowest BCUT2D eigenvalue weighted by atomic mass is 9.34. The Morgan fingerprint density at radius 3 is 1.60 bits per heavy atom. The Kier molecular flexibility index (Phi) is 9.42. The normalized spacial score (nSPS) is 12.4. The molecule has 0 saturated carbocycles. The third kappa shape index (κ3) is 6.88. The van der Waals surface area contributed by atoms with Crippen LogP contribution in [0.5, 0.6) is 11.5 Å². The van der Waals surface area contributed by atoms with Gasteiger partial charge in [-0.15, -0.1) is 0 Å². The first-order valence-electron chi connectivity index (χ1n) is 26.2. The molecule has 10 bridgehead atoms. The van der Waals surface area contributed by atoms with Crippen LogP contribution in [0.2, 0.25) is 0 Å². The standard InChI is InChI=1S/C69H43BN6O/c1-40-30-50-31-41(2)63(40)48-27-29-61-55(35-48)70-56-36-52(69-74-67(45-22-13-6-14-23-45)73-68(75-69)49-25-15-24-46(50)32-49)34-54-53-33-47(58-39-57(43-18-9-4-10-19-43)71-66(72-58)44-20-11-5-12-21-44)26-28-59(53)76(65(54)56)60-37-51(38-62(77-61)64(60)70)42-16-7-3-8-17-42/h3-39H,1-2H3. The summed E-state index contributed by atoms with van der Waals surface area (Å²) in [7, 11) is 0. The molecule has 0 spiro atoms. The molecule has 8 heteroatoms. The molecule has 7 nitrogen and oxygen atoms in total. The molecule has 0 N–H and O–H groups in total. The molecule has 7 heterocycles. The SMILES string of the molecule is Cc1cc2cc(C)c1-c1ccc3c(c1)B1c4c(cc(-c5ccccc5)cc4-n4c5ccc(-c6cc(-c7ccccc7)nc(-c7ccccc7)n6)cc5c5cc(cc1c54)-c1nc(-c4ccccc4)nc(n1)-c1cccc-2c1)O3. The molecule has 0 aliphatic carbocycles. The largest absolute Gasteiger partial charge is 0.458 e. The van der Waals surface area contributed by atoms with Gasteiger partial charge < -0.3 is 9.30 Å². The zero-order valence-electron chi connectivity index (χ0n) is 42.0. The monoisotopic (exact) mass is 982 g/mol. The minimum atomic E-state index is -0.212. The first-order chi connectivity index (χ1) is 37.9. The molecule has 0 atom stereocenters. The minimum absolute atomic E-state index is 0.212. The maximum Gasteiger partial charge on any atom is 0.256 e. The van der Waals surface area contributed by atoms with Gasteiger partial charge in [0, 0.05) is 55.4 Å². The van der Waals surface area contributed by atoms with Gasteiger partial charge in [0.1, 0.15) is 11.5 Å². The van der Waals surface area contributed by atoms with Crippen molar-refractivity contribution in [3.8, 4) is 119 Å². The van der Waals surface area contributed by atoms with E-state index in [0.717, 1.165) is 128 Å². The van der Waals surface area contributed by atoms with Crippen LogP contribution in [-0.4, -0.2) is 36.2 Å². The summed E-state index contributed by atoms with van der Waals surface area (Å²) in [6.45, 7) is 4.25. The van der Waals surface area contributed by atoms with E-state index in [0.29, 0.717) is 23.3 Å². The van der Waals surface area contributed by atoms with Crippen LogP contribution in [0.1, 0.15) is 11.1 Å². The summed E-state index contributed by atoms with van der Waals surface area (Å²) in [6.07, 6.45) is 0. The van der Waals surface area contributed by atoms with Gasteiger partial charge in [-0.05, 0) is 123 Å². The number of benzene rings is 10. The highest BCUT2D eigenvalue weighted by Gasteiger charge is 2.42. The number of aryl methyl sites for hydroxylation is 2. The maximum atomic E-state index is 7.22. The summed E-state index contributed by atoms with van der Waals surface area (Å²) in [6, 6.07) is 79.7. The smallest absolute Gasteiger partial charge is 0.256 e. The van der Waals surface area contributed by atoms with E-state index < -0.39 is 0 Å². The molecular formula is C69H43BN6O. The van der Waals surface area contributed by atoms with Gasteiger partial charge in [-0.25, -0.2) is 24.9 Å². The van der Waals surface area contributed by atoms with Gasteiger partial charge >= 0.3 is 0 Å². The number of hydrogen-bond donors (Lipinski definition) is 0. The zero-order chi connectivity index (χ0) is 50.9. The Labute approximate surface area is 445 Å². The van der Waals surface area contributed by atoms with Gasteiger partial charge in [-0.3, -0.25) is 0 Å². The van der Waals surface area contributed by atoms with Crippen LogP contribution in [0.3, 0.4) is 0 Å². The average Bonchev–Trinajstić information content (AvgIpc) is 3.91. The van der Waals surface area contributed by atoms with Crippen molar-refractivity contribution in [1.82, 2.24) is 29.5 Å². The molecule has 17 rings (SSSR count). The molecule has 4 aliphatic heterocycles. The third-order valence-corrected chi connectivity index (χ3v) is 15.8. The van der Waals surface area contributed by atoms with E-state index in [1.54, 1.807) is 0 Å². The second-order valence-electron chi connectivity index (χ2n) is 20.5. The van der Waals surface area contributed by atoms with E-state index >= 15 is 0 Å². The summed E-state index contributed by atoms with van der Waals surface area (Å²) in [4.78, 5) is 26.6. The van der Waals surface area contributed by atoms with Crippen molar-refractivity contribution < 1.29 is 4.74 Å². The molecule has 0 fully saturated rings. The number of rotatable bonds is 5. The van der Waals surface area contributed by atoms with Crippen LogP contribution in [0.4, 0.5) is 0 Å². The Hall–Kier alpha value is -10.0. The molecular weight excluding hydrogens is 940 g/mol. The van der Waals surface area contributed by atoms with E-state index in [1.807, 2.05) is 42.5 Å². The molecule has 13 aromatic rings. The highest BCUT2D eigenvalue weighted by molar-refractivity contribution is 6.99. The molecule has 0 unspecified atom stereocenters. The summed E-state index contributed by atoms with van der Waals surface area (Å²) in [5.74, 6) is 4.16. The van der Waals surface area contributed by atoms with Crippen molar-refractivity contribution in [2.45, 2.75) is 13.8 Å². The number of ether oxygens (including phenoxy) is 1. The van der Waals surface area contributed by atoms with Crippen LogP contribution in [0.15, 0.2) is 224 Å². The Morgan fingerprint density at radius 1 is 0.351 bits per heavy atom. The lowest BCUT2D eigenvalue weighted by Gasteiger charge is -2.34. The Morgan fingerprint density at radius 2 is 0.896 bits per heavy atom. The second kappa shape index (κ2) is 16.7. The number of nitrogens with zero attached hydrogens (tertiary/aromatic N) is 6. The van der Waals surface area contributed by atoms with Gasteiger partial charge in [0.15, 0.2) is 23.3 Å². The first kappa shape index (κ1) is 43.4. The van der Waals surface area contributed by atoms with Gasteiger partial charge in [-0.1, -0.05) is 176 Å². The minimum Gasteiger partial charge on any atom is -0.458 e. The maximum absolute atomic E-state index is 7.22. The first-order valence-corrected chi connectivity index (χ1v) is 26.2. The summed E-state index contributed by atoms with van der Waals surface area (Å²) in [5.41, 5.74) is 23.3. The Bertz CT molecular complexity index is 4530. The predicted octanol–water partition coefficient (Wildman–Crippen LogP) is 14.6. The van der Waals surface area contributed by atoms with Crippen LogP contribution < -0.4 is 21.1 Å². The molecule has 4 aliphatic rings. The number of aromatic nitrogens is 6. The summed E-state index contributed by atoms with van der Waals surface area (Å²) in [5, 5.41) is 2.16. The van der Waals surface area contributed by atoms with E-state index in [-0.39, 0.29) is 6.71 Å². The average molecular weight is 983 g/mol. The molecule has 0 amide bonds. The van der Waals surface area contributed by atoms with Gasteiger partial charge in [0.2, 0.25) is 0 Å². The van der Waals surface area contributed by atoms with E-state index in [1.165, 1.54) is 16.7 Å². The van der Waals surface area contributed by atoms with E-state index in [9.17, 15) is 0 Å². The van der Waals surface area contributed by atoms with Crippen LogP contribution in [0, 0.1) is 13.8 Å². The molecule has 0 radical (unpaired) electrons. The Balaban J connectivity index is 1.04. The fourth-order valence-corrected chi connectivity index (χ4v) is 12.4. The number of hydrogen-bond acceptors (Lipinski definition) is 6. The van der Waals surface area contributed by atoms with Crippen LogP contribution in [-0.2, 0) is 0 Å². The topological polar surface area (TPSA) is 78.6 Å². The van der Waals surface area contributed by atoms with Crippen molar-refractivity contribution in [3.63, 3.8) is 0 Å². The lowest BCUT2D eigenvalue weighted by Crippen LogP contribution is -2.58. The van der Waals surface area contributed by atoms with Crippen molar-refractivity contribution >= 4 is 44.9 Å². The highest BCUT2D eigenvalue weighted by Crippen LogP contribution is 2.44. The third-order valence-electron chi connectivity index (χ3n) is 15.8. The quantitative estimate of drug-likeness (QED) is 0.160. The van der Waals surface area contributed by atoms with E-state index in [2.05, 4.69) is 200 Å². The van der Waals surface area contributed by atoms with Crippen molar-refractivity contribution in [1.29, 1.82) is 0 Å². The van der Waals surface area contributed by atoms with Crippen molar-refractivity contribution in [2.75, 3.05) is 0 Å². The fourth-order valence-electron chi connectivity index (χ4n) is 12.4. The van der Waals surface area contributed by atoms with Crippen LogP contribution >= 0.6 is 0 Å². The molecule has 77 heavy (non-hydrogen) atoms. The molecule has 358 valence electrons. The fraction of sp³-hybridized carbons (Fsp3) is 0.0290. The summed E-state index contributed by atoms with van der Waals surface area (Å²) < 4.78 is 9.69. The van der Waals surface area contributed by atoms with Crippen LogP contribution in [0.25, 0.3) is 129 Å². The molecule has 0 saturated heterocycles. The zero-order valence-corrected chi connectivity index (χ0v) is 42.0. The highest BCUT2D eigenvalue weighted by atomic mass is 16.5. The second-order valence-corrected chi connectivity index (χ2v) is 20.5. The van der Waals surface area contributed by atoms with Gasteiger partial charge in [0.25, 0.3) is 6.71 Å². The van der Waals surface area contributed by atoms with Gasteiger partial charge in [-0.2, -0.15) is 0 Å². The van der Waals surface area contributed by atoms with E-state index in [4.69, 9.17) is 29.7 Å². The lowest BCUT2D eigenvalue weighted by molar-refractivity contribution is 0.487. The molecule has 10 aromatic carbocycles. The summed E-state index contributed by atoms with van der Waals surface area (Å²) >= 11 is 0. The van der Waals surface area contributed by atoms with Gasteiger partial charge in [0.05, 0.1) is 16.9 Å². The predicted molar refractivity (Wildman–Crippen MR) is 313 cm³/mol. The molecule has 3 aromatic heterocycles. The van der Waals surface area contributed by atoms with Crippen molar-refractivity contribution in [2.24, 2.45) is 0 Å². The van der Waals surface area contributed by atoms with Crippen molar-refractivity contribution in [3.05, 3.63) is 236 Å². The number of fused-ring (bicyclic) bond motifs is 6.